The summed E-state index contributed by atoms with van der Waals surface area (Å²) in [6, 6.07) is 4.89. The SMILES string of the molecule is NC(=O)Nc1cccc(C(=O)[O-])c1. The summed E-state index contributed by atoms with van der Waals surface area (Å²) in [7, 11) is 0. The maximum absolute atomic E-state index is 10.4. The number of carboxylic acids is 1. The van der Waals surface area contributed by atoms with Gasteiger partial charge in [-0.2, -0.15) is 0 Å². The number of rotatable bonds is 2. The molecule has 0 aliphatic heterocycles. The minimum absolute atomic E-state index is 0.00810. The number of hydrogen-bond acceptors (Lipinski definition) is 3. The number of carbonyl (C=O) groups is 2. The summed E-state index contributed by atoms with van der Waals surface area (Å²) in [4.78, 5) is 20.8. The summed E-state index contributed by atoms with van der Waals surface area (Å²) in [6.07, 6.45) is 0. The van der Waals surface area contributed by atoms with Crippen molar-refractivity contribution in [2.75, 3.05) is 5.32 Å². The van der Waals surface area contributed by atoms with Gasteiger partial charge in [-0.1, -0.05) is 12.1 Å². The van der Waals surface area contributed by atoms with Gasteiger partial charge in [0.1, 0.15) is 0 Å². The van der Waals surface area contributed by atoms with Gasteiger partial charge in [0, 0.05) is 5.69 Å². The van der Waals surface area contributed by atoms with Gasteiger partial charge in [-0.3, -0.25) is 0 Å². The summed E-state index contributed by atoms with van der Waals surface area (Å²) in [5.74, 6) is -1.30. The lowest BCUT2D eigenvalue weighted by molar-refractivity contribution is -0.255. The number of primary amides is 1. The molecule has 1 rings (SSSR count). The van der Waals surface area contributed by atoms with Crippen LogP contribution in [0.5, 0.6) is 0 Å². The molecule has 5 nitrogen and oxygen atoms in total. The number of nitrogens with two attached hydrogens (primary N) is 1. The molecule has 0 spiro atoms. The number of carboxylic acid groups (broad SMARTS) is 1. The Kier molecular flexibility index (Phi) is 2.49. The van der Waals surface area contributed by atoms with Crippen molar-refractivity contribution in [3.63, 3.8) is 0 Å². The van der Waals surface area contributed by atoms with E-state index in [0.29, 0.717) is 5.69 Å². The molecule has 0 saturated carbocycles. The summed E-state index contributed by atoms with van der Waals surface area (Å²) < 4.78 is 0. The van der Waals surface area contributed by atoms with Crippen molar-refractivity contribution in [3.8, 4) is 0 Å². The molecule has 1 aromatic carbocycles. The zero-order chi connectivity index (χ0) is 9.84. The van der Waals surface area contributed by atoms with E-state index in [-0.39, 0.29) is 5.56 Å². The fourth-order valence-corrected chi connectivity index (χ4v) is 0.866. The van der Waals surface area contributed by atoms with E-state index in [0.717, 1.165) is 0 Å². The van der Waals surface area contributed by atoms with Crippen LogP contribution in [0.2, 0.25) is 0 Å². The molecule has 1 aromatic rings. The zero-order valence-electron chi connectivity index (χ0n) is 6.61. The Morgan fingerprint density at radius 1 is 1.38 bits per heavy atom. The second-order valence-electron chi connectivity index (χ2n) is 2.36. The smallest absolute Gasteiger partial charge is 0.316 e. The third kappa shape index (κ3) is 2.48. The van der Waals surface area contributed by atoms with Gasteiger partial charge in [-0.05, 0) is 17.7 Å². The van der Waals surface area contributed by atoms with Gasteiger partial charge in [0.15, 0.2) is 0 Å². The molecule has 0 unspecified atom stereocenters. The van der Waals surface area contributed by atoms with Gasteiger partial charge in [0.05, 0.1) is 5.97 Å². The lowest BCUT2D eigenvalue weighted by Gasteiger charge is -2.05. The molecule has 0 aromatic heterocycles. The average molecular weight is 179 g/mol. The van der Waals surface area contributed by atoms with Gasteiger partial charge >= 0.3 is 6.03 Å². The van der Waals surface area contributed by atoms with Crippen LogP contribution in [0.25, 0.3) is 0 Å². The zero-order valence-corrected chi connectivity index (χ0v) is 6.61. The molecule has 2 amide bonds. The van der Waals surface area contributed by atoms with E-state index in [4.69, 9.17) is 5.73 Å². The summed E-state index contributed by atoms with van der Waals surface area (Å²) in [6.45, 7) is 0. The Balaban J connectivity index is 2.91. The standard InChI is InChI=1S/C8H8N2O3/c9-8(13)10-6-3-1-2-5(4-6)7(11)12/h1-4H,(H,11,12)(H3,9,10,13)/p-1. The molecule has 68 valence electrons. The van der Waals surface area contributed by atoms with Crippen LogP contribution in [0, 0.1) is 0 Å². The highest BCUT2D eigenvalue weighted by Gasteiger charge is 1.97. The van der Waals surface area contributed by atoms with Crippen molar-refractivity contribution < 1.29 is 14.7 Å². The van der Waals surface area contributed by atoms with Gasteiger partial charge in [0.2, 0.25) is 0 Å². The molecule has 13 heavy (non-hydrogen) atoms. The fourth-order valence-electron chi connectivity index (χ4n) is 0.866. The molecular formula is C8H7N2O3-. The van der Waals surface area contributed by atoms with Crippen LogP contribution in [0.4, 0.5) is 10.5 Å². The monoisotopic (exact) mass is 179 g/mol. The number of urea groups is 1. The molecule has 0 saturated heterocycles. The Labute approximate surface area is 74.2 Å². The highest BCUT2D eigenvalue weighted by atomic mass is 16.4. The predicted octanol–water partition coefficient (Wildman–Crippen LogP) is -0.459. The molecule has 3 N–H and O–H groups in total. The maximum atomic E-state index is 10.4. The molecule has 0 atom stereocenters. The fraction of sp³-hybridized carbons (Fsp3) is 0. The molecule has 5 heteroatoms. The van der Waals surface area contributed by atoms with Crippen molar-refractivity contribution in [2.24, 2.45) is 5.73 Å². The summed E-state index contributed by atoms with van der Waals surface area (Å²) in [5, 5.41) is 12.6. The van der Waals surface area contributed by atoms with Crippen molar-refractivity contribution in [2.45, 2.75) is 0 Å². The Morgan fingerprint density at radius 2 is 2.08 bits per heavy atom. The lowest BCUT2D eigenvalue weighted by Crippen LogP contribution is -2.23. The number of nitrogens with one attached hydrogen (secondary N) is 1. The normalized spacial score (nSPS) is 9.23. The topological polar surface area (TPSA) is 95.2 Å². The molecule has 0 fully saturated rings. The van der Waals surface area contributed by atoms with Crippen LogP contribution in [-0.4, -0.2) is 12.0 Å². The number of benzene rings is 1. The maximum Gasteiger partial charge on any atom is 0.316 e. The highest BCUT2D eigenvalue weighted by Crippen LogP contribution is 2.09. The quantitative estimate of drug-likeness (QED) is 0.643. The summed E-state index contributed by atoms with van der Waals surface area (Å²) in [5.41, 5.74) is 5.16. The molecule has 0 aliphatic carbocycles. The lowest BCUT2D eigenvalue weighted by atomic mass is 10.2. The number of amides is 2. The van der Waals surface area contributed by atoms with Gasteiger partial charge in [-0.25, -0.2) is 4.79 Å². The first kappa shape index (κ1) is 9.05. The van der Waals surface area contributed by atoms with Gasteiger partial charge in [-0.15, -0.1) is 0 Å². The van der Waals surface area contributed by atoms with E-state index in [1.807, 2.05) is 0 Å². The predicted molar refractivity (Wildman–Crippen MR) is 44.0 cm³/mol. The van der Waals surface area contributed by atoms with Crippen molar-refractivity contribution >= 4 is 17.7 Å². The van der Waals surface area contributed by atoms with E-state index in [1.165, 1.54) is 24.3 Å². The minimum Gasteiger partial charge on any atom is -0.545 e. The molecule has 0 bridgehead atoms. The molecule has 0 radical (unpaired) electrons. The average Bonchev–Trinajstić information content (AvgIpc) is 2.03. The van der Waals surface area contributed by atoms with Crippen LogP contribution in [0.15, 0.2) is 24.3 Å². The Bertz CT molecular complexity index is 349. The number of anilines is 1. The first-order valence-electron chi connectivity index (χ1n) is 3.47. The highest BCUT2D eigenvalue weighted by molar-refractivity contribution is 5.91. The Hall–Kier alpha value is -2.04. The molecule has 0 heterocycles. The number of aromatic carboxylic acids is 1. The van der Waals surface area contributed by atoms with Crippen molar-refractivity contribution in [1.82, 2.24) is 0 Å². The number of carbonyl (C=O) groups excluding carboxylic acids is 2. The van der Waals surface area contributed by atoms with Crippen LogP contribution in [0.3, 0.4) is 0 Å². The molecular weight excluding hydrogens is 172 g/mol. The first-order valence-corrected chi connectivity index (χ1v) is 3.47. The van der Waals surface area contributed by atoms with E-state index in [1.54, 1.807) is 0 Å². The second-order valence-corrected chi connectivity index (χ2v) is 2.36. The van der Waals surface area contributed by atoms with E-state index >= 15 is 0 Å². The molecule has 0 aliphatic rings. The van der Waals surface area contributed by atoms with Gasteiger partial charge < -0.3 is 21.0 Å². The third-order valence-corrected chi connectivity index (χ3v) is 1.37. The largest absolute Gasteiger partial charge is 0.545 e. The second kappa shape index (κ2) is 3.57. The van der Waals surface area contributed by atoms with Crippen LogP contribution in [-0.2, 0) is 0 Å². The Morgan fingerprint density at radius 3 is 2.62 bits per heavy atom. The summed E-state index contributed by atoms with van der Waals surface area (Å²) >= 11 is 0. The first-order chi connectivity index (χ1) is 6.09. The van der Waals surface area contributed by atoms with E-state index in [9.17, 15) is 14.7 Å². The minimum atomic E-state index is -1.30. The third-order valence-electron chi connectivity index (χ3n) is 1.37. The van der Waals surface area contributed by atoms with Crippen LogP contribution in [0.1, 0.15) is 10.4 Å². The van der Waals surface area contributed by atoms with E-state index < -0.39 is 12.0 Å². The van der Waals surface area contributed by atoms with Gasteiger partial charge in [0.25, 0.3) is 0 Å². The van der Waals surface area contributed by atoms with Crippen LogP contribution < -0.4 is 16.2 Å². The van der Waals surface area contributed by atoms with Crippen LogP contribution >= 0.6 is 0 Å². The van der Waals surface area contributed by atoms with Crippen molar-refractivity contribution in [3.05, 3.63) is 29.8 Å². The van der Waals surface area contributed by atoms with E-state index in [2.05, 4.69) is 5.32 Å². The number of hydrogen-bond donors (Lipinski definition) is 2. The van der Waals surface area contributed by atoms with Crippen molar-refractivity contribution in [1.29, 1.82) is 0 Å².